The van der Waals surface area contributed by atoms with Gasteiger partial charge in [-0.15, -0.1) is 0 Å². The molecule has 0 fully saturated rings. The Morgan fingerprint density at radius 1 is 1.14 bits per heavy atom. The van der Waals surface area contributed by atoms with Crippen molar-refractivity contribution in [3.63, 3.8) is 0 Å². The van der Waals surface area contributed by atoms with Gasteiger partial charge in [0.2, 0.25) is 0 Å². The molecular formula is C16H14N4O. The summed E-state index contributed by atoms with van der Waals surface area (Å²) in [5, 5.41) is 10.4. The van der Waals surface area contributed by atoms with Crippen LogP contribution in [-0.4, -0.2) is 19.9 Å². The molecule has 21 heavy (non-hydrogen) atoms. The molecule has 0 N–H and O–H groups in total. The maximum Gasteiger partial charge on any atom is 0.176 e. The fourth-order valence-electron chi connectivity index (χ4n) is 2.67. The van der Waals surface area contributed by atoms with E-state index in [0.717, 1.165) is 45.4 Å². The second kappa shape index (κ2) is 4.41. The number of pyridine rings is 1. The number of rotatable bonds is 2. The Kier molecular flexibility index (Phi) is 2.54. The van der Waals surface area contributed by atoms with Crippen LogP contribution in [0.1, 0.15) is 12.5 Å². The third-order valence-corrected chi connectivity index (χ3v) is 3.80. The first-order valence-corrected chi connectivity index (χ1v) is 6.95. The topological polar surface area (TPSA) is 56.7 Å². The summed E-state index contributed by atoms with van der Waals surface area (Å²) < 4.78 is 7.46. The van der Waals surface area contributed by atoms with Crippen molar-refractivity contribution in [2.75, 3.05) is 0 Å². The molecule has 0 bridgehead atoms. The third kappa shape index (κ3) is 1.67. The number of aryl methyl sites for hydroxylation is 2. The SMILES string of the molecule is CCn1ncc2c3noc(-c4ccccc4C)c3cnc21. The van der Waals surface area contributed by atoms with Crippen LogP contribution in [0.2, 0.25) is 0 Å². The van der Waals surface area contributed by atoms with E-state index >= 15 is 0 Å². The number of fused-ring (bicyclic) bond motifs is 3. The number of nitrogens with zero attached hydrogens (tertiary/aromatic N) is 4. The number of benzene rings is 1. The van der Waals surface area contributed by atoms with Crippen molar-refractivity contribution in [3.05, 3.63) is 42.2 Å². The molecule has 0 aliphatic rings. The summed E-state index contributed by atoms with van der Waals surface area (Å²) in [4.78, 5) is 4.53. The minimum Gasteiger partial charge on any atom is -0.355 e. The molecule has 3 heterocycles. The Labute approximate surface area is 121 Å². The normalized spacial score (nSPS) is 11.5. The lowest BCUT2D eigenvalue weighted by Crippen LogP contribution is -1.96. The van der Waals surface area contributed by atoms with Crippen LogP contribution in [-0.2, 0) is 6.54 Å². The lowest BCUT2D eigenvalue weighted by atomic mass is 10.0. The lowest BCUT2D eigenvalue weighted by molar-refractivity contribution is 0.441. The molecule has 0 saturated heterocycles. The highest BCUT2D eigenvalue weighted by atomic mass is 16.5. The summed E-state index contributed by atoms with van der Waals surface area (Å²) in [5.74, 6) is 0.766. The second-order valence-electron chi connectivity index (χ2n) is 5.04. The highest BCUT2D eigenvalue weighted by Gasteiger charge is 2.17. The van der Waals surface area contributed by atoms with E-state index in [1.165, 1.54) is 0 Å². The van der Waals surface area contributed by atoms with Gasteiger partial charge in [0.05, 0.1) is 17.0 Å². The fourth-order valence-corrected chi connectivity index (χ4v) is 2.67. The van der Waals surface area contributed by atoms with Crippen molar-refractivity contribution < 1.29 is 4.52 Å². The minimum absolute atomic E-state index is 0.766. The van der Waals surface area contributed by atoms with Gasteiger partial charge in [0.15, 0.2) is 11.4 Å². The van der Waals surface area contributed by atoms with Gasteiger partial charge in [-0.1, -0.05) is 29.4 Å². The highest BCUT2D eigenvalue weighted by molar-refractivity contribution is 6.06. The van der Waals surface area contributed by atoms with Crippen molar-refractivity contribution in [1.29, 1.82) is 0 Å². The quantitative estimate of drug-likeness (QED) is 0.562. The Morgan fingerprint density at radius 2 is 2.00 bits per heavy atom. The van der Waals surface area contributed by atoms with Gasteiger partial charge < -0.3 is 4.52 Å². The van der Waals surface area contributed by atoms with E-state index in [9.17, 15) is 0 Å². The zero-order valence-corrected chi connectivity index (χ0v) is 11.9. The standard InChI is InChI=1S/C16H14N4O/c1-3-20-16-13(9-18-20)14-12(8-17-16)15(21-19-14)11-7-5-4-6-10(11)2/h4-9H,3H2,1-2H3. The number of hydrogen-bond donors (Lipinski definition) is 0. The van der Waals surface area contributed by atoms with Gasteiger partial charge in [0.1, 0.15) is 5.52 Å². The zero-order valence-electron chi connectivity index (χ0n) is 11.9. The minimum atomic E-state index is 0.766. The van der Waals surface area contributed by atoms with Crippen LogP contribution in [0.25, 0.3) is 33.3 Å². The van der Waals surface area contributed by atoms with E-state index in [-0.39, 0.29) is 0 Å². The van der Waals surface area contributed by atoms with Crippen LogP contribution >= 0.6 is 0 Å². The van der Waals surface area contributed by atoms with Crippen LogP contribution < -0.4 is 0 Å². The monoisotopic (exact) mass is 278 g/mol. The molecule has 0 aliphatic heterocycles. The second-order valence-corrected chi connectivity index (χ2v) is 5.04. The molecule has 1 aromatic carbocycles. The first-order valence-electron chi connectivity index (χ1n) is 6.95. The van der Waals surface area contributed by atoms with E-state index in [1.54, 1.807) is 6.20 Å². The molecule has 104 valence electrons. The van der Waals surface area contributed by atoms with Crippen molar-refractivity contribution in [2.24, 2.45) is 0 Å². The van der Waals surface area contributed by atoms with Crippen molar-refractivity contribution in [2.45, 2.75) is 20.4 Å². The number of aromatic nitrogens is 4. The summed E-state index contributed by atoms with van der Waals surface area (Å²) in [6.07, 6.45) is 3.63. The van der Waals surface area contributed by atoms with Gasteiger partial charge in [-0.05, 0) is 19.4 Å². The average Bonchev–Trinajstić information content (AvgIpc) is 3.10. The van der Waals surface area contributed by atoms with E-state index in [2.05, 4.69) is 28.2 Å². The molecule has 4 aromatic rings. The summed E-state index contributed by atoms with van der Waals surface area (Å²) in [5.41, 5.74) is 3.86. The van der Waals surface area contributed by atoms with Gasteiger partial charge in [-0.3, -0.25) is 0 Å². The maximum atomic E-state index is 5.61. The van der Waals surface area contributed by atoms with Gasteiger partial charge in [-0.2, -0.15) is 5.10 Å². The molecule has 0 aliphatic carbocycles. The van der Waals surface area contributed by atoms with Crippen LogP contribution in [0.5, 0.6) is 0 Å². The van der Waals surface area contributed by atoms with E-state index in [4.69, 9.17) is 4.52 Å². The van der Waals surface area contributed by atoms with Crippen LogP contribution in [0, 0.1) is 6.92 Å². The van der Waals surface area contributed by atoms with Crippen molar-refractivity contribution >= 4 is 21.9 Å². The summed E-state index contributed by atoms with van der Waals surface area (Å²) >= 11 is 0. The summed E-state index contributed by atoms with van der Waals surface area (Å²) in [6.45, 7) is 4.88. The molecule has 5 heteroatoms. The van der Waals surface area contributed by atoms with Gasteiger partial charge in [0, 0.05) is 18.3 Å². The Bertz CT molecular complexity index is 951. The van der Waals surface area contributed by atoms with Gasteiger partial charge in [0.25, 0.3) is 0 Å². The Morgan fingerprint density at radius 3 is 2.81 bits per heavy atom. The first-order chi connectivity index (χ1) is 10.3. The number of hydrogen-bond acceptors (Lipinski definition) is 4. The van der Waals surface area contributed by atoms with Crippen molar-refractivity contribution in [3.8, 4) is 11.3 Å². The highest BCUT2D eigenvalue weighted by Crippen LogP contribution is 2.33. The molecule has 0 saturated carbocycles. The lowest BCUT2D eigenvalue weighted by Gasteiger charge is -2.01. The molecular weight excluding hydrogens is 264 g/mol. The predicted octanol–water partition coefficient (Wildman–Crippen LogP) is 3.57. The van der Waals surface area contributed by atoms with Crippen molar-refractivity contribution in [1.82, 2.24) is 19.9 Å². The van der Waals surface area contributed by atoms with Crippen LogP contribution in [0.4, 0.5) is 0 Å². The molecule has 5 nitrogen and oxygen atoms in total. The van der Waals surface area contributed by atoms with E-state index in [1.807, 2.05) is 36.0 Å². The molecule has 0 spiro atoms. The Balaban J connectivity index is 2.04. The molecule has 3 aromatic heterocycles. The zero-order chi connectivity index (χ0) is 14.4. The largest absolute Gasteiger partial charge is 0.355 e. The van der Waals surface area contributed by atoms with E-state index < -0.39 is 0 Å². The molecule has 4 rings (SSSR count). The van der Waals surface area contributed by atoms with Gasteiger partial charge in [-0.25, -0.2) is 9.67 Å². The maximum absolute atomic E-state index is 5.61. The third-order valence-electron chi connectivity index (χ3n) is 3.80. The average molecular weight is 278 g/mol. The molecule has 0 amide bonds. The predicted molar refractivity (Wildman–Crippen MR) is 80.9 cm³/mol. The smallest absolute Gasteiger partial charge is 0.176 e. The van der Waals surface area contributed by atoms with E-state index in [0.29, 0.717) is 0 Å². The fraction of sp³-hybridized carbons (Fsp3) is 0.188. The van der Waals surface area contributed by atoms with Crippen LogP contribution in [0.15, 0.2) is 41.2 Å². The molecule has 0 atom stereocenters. The summed E-state index contributed by atoms with van der Waals surface area (Å²) in [7, 11) is 0. The van der Waals surface area contributed by atoms with Crippen LogP contribution in [0.3, 0.4) is 0 Å². The van der Waals surface area contributed by atoms with Gasteiger partial charge >= 0.3 is 0 Å². The first kappa shape index (κ1) is 12.1. The summed E-state index contributed by atoms with van der Waals surface area (Å²) in [6, 6.07) is 8.11. The Hall–Kier alpha value is -2.69. The molecule has 0 unspecified atom stereocenters. The molecule has 0 radical (unpaired) electrons.